The van der Waals surface area contributed by atoms with E-state index in [1.54, 1.807) is 18.2 Å². The number of benzene rings is 2. The van der Waals surface area contributed by atoms with Crippen molar-refractivity contribution in [2.75, 3.05) is 38.2 Å². The van der Waals surface area contributed by atoms with E-state index >= 15 is 0 Å². The fourth-order valence-electron chi connectivity index (χ4n) is 4.14. The van der Waals surface area contributed by atoms with Crippen LogP contribution in [0.25, 0.3) is 0 Å². The summed E-state index contributed by atoms with van der Waals surface area (Å²) in [5, 5.41) is 0. The number of piperazine rings is 1. The molecular weight excluding hydrogens is 296 g/mol. The van der Waals surface area contributed by atoms with Gasteiger partial charge in [0.1, 0.15) is 5.75 Å². The summed E-state index contributed by atoms with van der Waals surface area (Å²) in [5.41, 5.74) is 4.40. The third-order valence-corrected chi connectivity index (χ3v) is 5.57. The van der Waals surface area contributed by atoms with Crippen LogP contribution in [0.4, 0.5) is 5.69 Å². The molecule has 1 saturated heterocycles. The second kappa shape index (κ2) is 6.86. The van der Waals surface area contributed by atoms with E-state index in [0.717, 1.165) is 31.9 Å². The zero-order chi connectivity index (χ0) is 16.4. The van der Waals surface area contributed by atoms with Gasteiger partial charge in [-0.15, -0.1) is 0 Å². The summed E-state index contributed by atoms with van der Waals surface area (Å²) in [6.07, 6.45) is 3.75. The van der Waals surface area contributed by atoms with E-state index in [-0.39, 0.29) is 0 Å². The topological polar surface area (TPSA) is 15.7 Å². The summed E-state index contributed by atoms with van der Waals surface area (Å²) in [6.45, 7) is 4.52. The summed E-state index contributed by atoms with van der Waals surface area (Å²) < 4.78 is 5.36. The zero-order valence-electron chi connectivity index (χ0n) is 14.4. The second-order valence-electron chi connectivity index (χ2n) is 6.89. The van der Waals surface area contributed by atoms with Gasteiger partial charge in [-0.3, -0.25) is 4.90 Å². The van der Waals surface area contributed by atoms with Crippen molar-refractivity contribution in [2.45, 2.75) is 25.3 Å². The van der Waals surface area contributed by atoms with Crippen LogP contribution in [0.1, 0.15) is 17.5 Å². The lowest BCUT2D eigenvalue weighted by Gasteiger charge is -2.42. The lowest BCUT2D eigenvalue weighted by atomic mass is 9.87. The van der Waals surface area contributed by atoms with Crippen LogP contribution >= 0.6 is 0 Å². The van der Waals surface area contributed by atoms with Crippen LogP contribution in [0.3, 0.4) is 0 Å². The Morgan fingerprint density at radius 2 is 1.71 bits per heavy atom. The Labute approximate surface area is 144 Å². The van der Waals surface area contributed by atoms with Crippen molar-refractivity contribution >= 4 is 5.69 Å². The Kier molecular flexibility index (Phi) is 4.44. The number of hydrogen-bond donors (Lipinski definition) is 0. The quantitative estimate of drug-likeness (QED) is 0.862. The molecule has 0 aromatic heterocycles. The molecule has 2 aliphatic rings. The predicted molar refractivity (Wildman–Crippen MR) is 99.0 cm³/mol. The molecule has 3 nitrogen and oxygen atoms in total. The van der Waals surface area contributed by atoms with E-state index in [0.29, 0.717) is 6.04 Å². The standard InChI is InChI=1S/C21H26N2O/c1-24-21-8-4-7-19(16-21)22-11-13-23(14-12-22)20-10-9-17-5-2-3-6-18(17)15-20/h2-8,16,20H,9-15H2,1H3/t20-/m1/s1. The highest BCUT2D eigenvalue weighted by atomic mass is 16.5. The van der Waals surface area contributed by atoms with Crippen molar-refractivity contribution in [3.63, 3.8) is 0 Å². The number of aryl methyl sites for hydroxylation is 1. The highest BCUT2D eigenvalue weighted by molar-refractivity contribution is 5.51. The van der Waals surface area contributed by atoms with Gasteiger partial charge in [-0.1, -0.05) is 30.3 Å². The van der Waals surface area contributed by atoms with Crippen molar-refractivity contribution in [3.05, 3.63) is 59.7 Å². The second-order valence-corrected chi connectivity index (χ2v) is 6.89. The fourth-order valence-corrected chi connectivity index (χ4v) is 4.14. The molecular formula is C21H26N2O. The molecule has 0 radical (unpaired) electrons. The van der Waals surface area contributed by atoms with E-state index in [1.807, 2.05) is 6.07 Å². The number of anilines is 1. The predicted octanol–water partition coefficient (Wildman–Crippen LogP) is 3.37. The van der Waals surface area contributed by atoms with Crippen LogP contribution < -0.4 is 9.64 Å². The first-order chi connectivity index (χ1) is 11.8. The fraction of sp³-hybridized carbons (Fsp3) is 0.429. The van der Waals surface area contributed by atoms with E-state index in [1.165, 1.54) is 24.9 Å². The summed E-state index contributed by atoms with van der Waals surface area (Å²) in [7, 11) is 1.73. The van der Waals surface area contributed by atoms with Gasteiger partial charge in [0.05, 0.1) is 7.11 Å². The number of rotatable bonds is 3. The highest BCUT2D eigenvalue weighted by Gasteiger charge is 2.27. The largest absolute Gasteiger partial charge is 0.497 e. The maximum absolute atomic E-state index is 5.36. The first kappa shape index (κ1) is 15.5. The molecule has 0 amide bonds. The lowest BCUT2D eigenvalue weighted by Crippen LogP contribution is -2.51. The van der Waals surface area contributed by atoms with Crippen LogP contribution in [0.5, 0.6) is 5.75 Å². The van der Waals surface area contributed by atoms with Gasteiger partial charge in [0.2, 0.25) is 0 Å². The zero-order valence-corrected chi connectivity index (χ0v) is 14.4. The minimum atomic E-state index is 0.715. The number of ether oxygens (including phenoxy) is 1. The molecule has 0 saturated carbocycles. The molecule has 0 unspecified atom stereocenters. The highest BCUT2D eigenvalue weighted by Crippen LogP contribution is 2.27. The molecule has 1 aliphatic carbocycles. The first-order valence-corrected chi connectivity index (χ1v) is 9.03. The van der Waals surface area contributed by atoms with E-state index in [2.05, 4.69) is 52.3 Å². The van der Waals surface area contributed by atoms with Gasteiger partial charge in [0, 0.05) is 44.0 Å². The summed E-state index contributed by atoms with van der Waals surface area (Å²) in [5.74, 6) is 0.943. The van der Waals surface area contributed by atoms with Gasteiger partial charge >= 0.3 is 0 Å². The van der Waals surface area contributed by atoms with Crippen LogP contribution in [0.2, 0.25) is 0 Å². The smallest absolute Gasteiger partial charge is 0.120 e. The molecule has 1 aliphatic heterocycles. The van der Waals surface area contributed by atoms with Gasteiger partial charge in [-0.2, -0.15) is 0 Å². The third-order valence-electron chi connectivity index (χ3n) is 5.57. The summed E-state index contributed by atoms with van der Waals surface area (Å²) in [4.78, 5) is 5.18. The molecule has 2 aromatic carbocycles. The Hall–Kier alpha value is -2.00. The molecule has 0 N–H and O–H groups in total. The van der Waals surface area contributed by atoms with Crippen molar-refractivity contribution in [2.24, 2.45) is 0 Å². The maximum atomic E-state index is 5.36. The SMILES string of the molecule is COc1cccc(N2CCN([C@@H]3CCc4ccccc4C3)CC2)c1. The number of fused-ring (bicyclic) bond motifs is 1. The van der Waals surface area contributed by atoms with Crippen LogP contribution in [-0.2, 0) is 12.8 Å². The Bertz CT molecular complexity index is 692. The first-order valence-electron chi connectivity index (χ1n) is 9.03. The van der Waals surface area contributed by atoms with Crippen LogP contribution in [0.15, 0.2) is 48.5 Å². The molecule has 1 fully saturated rings. The van der Waals surface area contributed by atoms with Gasteiger partial charge in [0.15, 0.2) is 0 Å². The summed E-state index contributed by atoms with van der Waals surface area (Å²) >= 11 is 0. The Balaban J connectivity index is 1.38. The van der Waals surface area contributed by atoms with Crippen molar-refractivity contribution in [1.29, 1.82) is 0 Å². The molecule has 24 heavy (non-hydrogen) atoms. The molecule has 1 atom stereocenters. The number of nitrogens with zero attached hydrogens (tertiary/aromatic N) is 2. The van der Waals surface area contributed by atoms with Gasteiger partial charge < -0.3 is 9.64 Å². The third kappa shape index (κ3) is 3.13. The minimum Gasteiger partial charge on any atom is -0.497 e. The Morgan fingerprint density at radius 1 is 0.917 bits per heavy atom. The number of methoxy groups -OCH3 is 1. The summed E-state index contributed by atoms with van der Waals surface area (Å²) in [6, 6.07) is 18.1. The molecule has 2 aromatic rings. The van der Waals surface area contributed by atoms with Crippen LogP contribution in [-0.4, -0.2) is 44.2 Å². The molecule has 3 heteroatoms. The molecule has 4 rings (SSSR count). The van der Waals surface area contributed by atoms with E-state index in [9.17, 15) is 0 Å². The molecule has 0 bridgehead atoms. The minimum absolute atomic E-state index is 0.715. The lowest BCUT2D eigenvalue weighted by molar-refractivity contribution is 0.170. The Morgan fingerprint density at radius 3 is 2.50 bits per heavy atom. The average Bonchev–Trinajstić information content (AvgIpc) is 2.68. The normalized spacial score (nSPS) is 21.4. The van der Waals surface area contributed by atoms with E-state index in [4.69, 9.17) is 4.74 Å². The van der Waals surface area contributed by atoms with Crippen molar-refractivity contribution in [1.82, 2.24) is 4.90 Å². The van der Waals surface area contributed by atoms with Gasteiger partial charge in [-0.25, -0.2) is 0 Å². The van der Waals surface area contributed by atoms with Gasteiger partial charge in [-0.05, 0) is 42.5 Å². The van der Waals surface area contributed by atoms with E-state index < -0.39 is 0 Å². The van der Waals surface area contributed by atoms with Crippen LogP contribution in [0, 0.1) is 0 Å². The van der Waals surface area contributed by atoms with Crippen molar-refractivity contribution < 1.29 is 4.74 Å². The van der Waals surface area contributed by atoms with Gasteiger partial charge in [0.25, 0.3) is 0 Å². The van der Waals surface area contributed by atoms with Crippen molar-refractivity contribution in [3.8, 4) is 5.75 Å². The molecule has 1 heterocycles. The molecule has 0 spiro atoms. The maximum Gasteiger partial charge on any atom is 0.120 e. The number of hydrogen-bond acceptors (Lipinski definition) is 3. The monoisotopic (exact) mass is 322 g/mol. The average molecular weight is 322 g/mol. The molecule has 126 valence electrons.